The number of anilines is 2. The highest BCUT2D eigenvalue weighted by molar-refractivity contribution is 9.10. The van der Waals surface area contributed by atoms with E-state index in [2.05, 4.69) is 26.1 Å². The van der Waals surface area contributed by atoms with Crippen LogP contribution in [0.4, 0.5) is 11.4 Å². The molecule has 0 radical (unpaired) electrons. The Balaban J connectivity index is 1.95. The number of hydrogen-bond acceptors (Lipinski definition) is 4. The molecular weight excluding hydrogens is 334 g/mol. The van der Waals surface area contributed by atoms with E-state index in [1.54, 1.807) is 18.2 Å². The molecule has 116 valence electrons. The van der Waals surface area contributed by atoms with Gasteiger partial charge in [0.15, 0.2) is 0 Å². The standard InChI is InChI=1S/C15H22BrN3O2/c1-10-7-19(9-15(2,3)21-10)8-14(20)18-13-5-4-11(17)6-12(13)16/h4-6,10H,7-9,17H2,1-3H3,(H,18,20). The second-order valence-corrected chi connectivity index (χ2v) is 7.00. The summed E-state index contributed by atoms with van der Waals surface area (Å²) in [5, 5.41) is 2.90. The van der Waals surface area contributed by atoms with Crippen molar-refractivity contribution in [2.75, 3.05) is 30.7 Å². The van der Waals surface area contributed by atoms with Crippen molar-refractivity contribution in [2.45, 2.75) is 32.5 Å². The van der Waals surface area contributed by atoms with Crippen LogP contribution in [0, 0.1) is 0 Å². The van der Waals surface area contributed by atoms with Crippen LogP contribution in [0.3, 0.4) is 0 Å². The Morgan fingerprint density at radius 1 is 1.57 bits per heavy atom. The third kappa shape index (κ3) is 4.69. The van der Waals surface area contributed by atoms with Crippen molar-refractivity contribution < 1.29 is 9.53 Å². The molecule has 5 nitrogen and oxygen atoms in total. The smallest absolute Gasteiger partial charge is 0.238 e. The number of hydrogen-bond donors (Lipinski definition) is 2. The Morgan fingerprint density at radius 3 is 2.90 bits per heavy atom. The maximum absolute atomic E-state index is 12.2. The van der Waals surface area contributed by atoms with Crippen LogP contribution < -0.4 is 11.1 Å². The van der Waals surface area contributed by atoms with Gasteiger partial charge in [-0.15, -0.1) is 0 Å². The molecule has 2 rings (SSSR count). The number of halogens is 1. The SMILES string of the molecule is CC1CN(CC(=O)Nc2ccc(N)cc2Br)CC(C)(C)O1. The molecule has 1 aromatic carbocycles. The zero-order valence-corrected chi connectivity index (χ0v) is 14.2. The number of carbonyl (C=O) groups excluding carboxylic acids is 1. The predicted octanol–water partition coefficient (Wildman–Crippen LogP) is 2.47. The number of nitrogens with zero attached hydrogens (tertiary/aromatic N) is 1. The number of amides is 1. The summed E-state index contributed by atoms with van der Waals surface area (Å²) in [5.41, 5.74) is 6.85. The first-order valence-corrected chi connectivity index (χ1v) is 7.79. The molecule has 6 heteroatoms. The average molecular weight is 356 g/mol. The molecule has 1 heterocycles. The van der Waals surface area contributed by atoms with Crippen LogP contribution in [0.1, 0.15) is 20.8 Å². The van der Waals surface area contributed by atoms with Crippen molar-refractivity contribution in [3.05, 3.63) is 22.7 Å². The van der Waals surface area contributed by atoms with Gasteiger partial charge < -0.3 is 15.8 Å². The lowest BCUT2D eigenvalue weighted by Crippen LogP contribution is -2.53. The Morgan fingerprint density at radius 2 is 2.29 bits per heavy atom. The molecule has 0 saturated carbocycles. The second kappa shape index (κ2) is 6.34. The third-order valence-electron chi connectivity index (χ3n) is 3.27. The Labute approximate surface area is 134 Å². The average Bonchev–Trinajstić information content (AvgIpc) is 2.29. The highest BCUT2D eigenvalue weighted by Crippen LogP contribution is 2.25. The van der Waals surface area contributed by atoms with Gasteiger partial charge in [-0.05, 0) is 54.9 Å². The number of carbonyl (C=O) groups is 1. The first-order valence-electron chi connectivity index (χ1n) is 7.00. The number of ether oxygens (including phenoxy) is 1. The van der Waals surface area contributed by atoms with Gasteiger partial charge in [0.1, 0.15) is 0 Å². The number of rotatable bonds is 3. The van der Waals surface area contributed by atoms with Crippen LogP contribution in [0.25, 0.3) is 0 Å². The minimum atomic E-state index is -0.222. The highest BCUT2D eigenvalue weighted by Gasteiger charge is 2.32. The van der Waals surface area contributed by atoms with Gasteiger partial charge in [-0.3, -0.25) is 9.69 Å². The van der Waals surface area contributed by atoms with E-state index >= 15 is 0 Å². The lowest BCUT2D eigenvalue weighted by atomic mass is 10.1. The summed E-state index contributed by atoms with van der Waals surface area (Å²) in [5.74, 6) is -0.0367. The van der Waals surface area contributed by atoms with E-state index in [1.165, 1.54) is 0 Å². The molecule has 21 heavy (non-hydrogen) atoms. The van der Waals surface area contributed by atoms with E-state index in [4.69, 9.17) is 10.5 Å². The summed E-state index contributed by atoms with van der Waals surface area (Å²) in [4.78, 5) is 14.3. The molecule has 0 bridgehead atoms. The molecule has 1 aliphatic rings. The van der Waals surface area contributed by atoms with Crippen molar-refractivity contribution >= 4 is 33.2 Å². The Kier molecular flexibility index (Phi) is 4.91. The van der Waals surface area contributed by atoms with E-state index in [-0.39, 0.29) is 17.6 Å². The molecule has 1 aliphatic heterocycles. The quantitative estimate of drug-likeness (QED) is 0.817. The first kappa shape index (κ1) is 16.3. The van der Waals surface area contributed by atoms with Crippen molar-refractivity contribution in [1.82, 2.24) is 4.90 Å². The van der Waals surface area contributed by atoms with Crippen molar-refractivity contribution in [1.29, 1.82) is 0 Å². The van der Waals surface area contributed by atoms with E-state index in [1.807, 2.05) is 20.8 Å². The number of benzene rings is 1. The second-order valence-electron chi connectivity index (χ2n) is 6.15. The lowest BCUT2D eigenvalue weighted by Gasteiger charge is -2.41. The summed E-state index contributed by atoms with van der Waals surface area (Å²) >= 11 is 3.40. The number of nitrogens with one attached hydrogen (secondary N) is 1. The summed E-state index contributed by atoms with van der Waals surface area (Å²) in [7, 11) is 0. The molecule has 1 unspecified atom stereocenters. The number of nitrogens with two attached hydrogens (primary N) is 1. The van der Waals surface area contributed by atoms with Crippen LogP contribution in [-0.4, -0.2) is 42.1 Å². The maximum atomic E-state index is 12.2. The van der Waals surface area contributed by atoms with Gasteiger partial charge in [0.05, 0.1) is 23.9 Å². The van der Waals surface area contributed by atoms with Gasteiger partial charge in [0.25, 0.3) is 0 Å². The minimum Gasteiger partial charge on any atom is -0.399 e. The minimum absolute atomic E-state index is 0.0367. The Bertz CT molecular complexity index is 534. The maximum Gasteiger partial charge on any atom is 0.238 e. The monoisotopic (exact) mass is 355 g/mol. The van der Waals surface area contributed by atoms with Crippen molar-refractivity contribution in [3.8, 4) is 0 Å². The fourth-order valence-electron chi connectivity index (χ4n) is 2.73. The lowest BCUT2D eigenvalue weighted by molar-refractivity contribution is -0.136. The largest absolute Gasteiger partial charge is 0.399 e. The molecule has 1 fully saturated rings. The molecule has 1 atom stereocenters. The molecule has 1 amide bonds. The molecule has 0 aliphatic carbocycles. The van der Waals surface area contributed by atoms with E-state index in [9.17, 15) is 4.79 Å². The van der Waals surface area contributed by atoms with Crippen LogP contribution in [-0.2, 0) is 9.53 Å². The third-order valence-corrected chi connectivity index (χ3v) is 3.93. The van der Waals surface area contributed by atoms with E-state index in [0.717, 1.165) is 23.2 Å². The number of nitrogen functional groups attached to an aromatic ring is 1. The summed E-state index contributed by atoms with van der Waals surface area (Å²) < 4.78 is 6.63. The summed E-state index contributed by atoms with van der Waals surface area (Å²) in [6, 6.07) is 5.33. The summed E-state index contributed by atoms with van der Waals surface area (Å²) in [6.45, 7) is 7.98. The first-order chi connectivity index (χ1) is 9.75. The van der Waals surface area contributed by atoms with Crippen LogP contribution in [0.5, 0.6) is 0 Å². The van der Waals surface area contributed by atoms with Gasteiger partial charge in [-0.1, -0.05) is 0 Å². The number of morpholine rings is 1. The molecule has 0 spiro atoms. The van der Waals surface area contributed by atoms with Gasteiger partial charge in [0.2, 0.25) is 5.91 Å². The Hall–Kier alpha value is -1.11. The molecule has 0 aromatic heterocycles. The topological polar surface area (TPSA) is 67.6 Å². The van der Waals surface area contributed by atoms with Gasteiger partial charge >= 0.3 is 0 Å². The molecule has 1 saturated heterocycles. The zero-order valence-electron chi connectivity index (χ0n) is 12.6. The van der Waals surface area contributed by atoms with Crippen molar-refractivity contribution in [3.63, 3.8) is 0 Å². The zero-order chi connectivity index (χ0) is 15.6. The van der Waals surface area contributed by atoms with Gasteiger partial charge in [-0.2, -0.15) is 0 Å². The summed E-state index contributed by atoms with van der Waals surface area (Å²) in [6.07, 6.45) is 0.129. The predicted molar refractivity (Wildman–Crippen MR) is 88.3 cm³/mol. The van der Waals surface area contributed by atoms with E-state index in [0.29, 0.717) is 12.2 Å². The van der Waals surface area contributed by atoms with Crippen LogP contribution in [0.2, 0.25) is 0 Å². The van der Waals surface area contributed by atoms with Gasteiger partial charge in [-0.25, -0.2) is 0 Å². The molecule has 1 aromatic rings. The highest BCUT2D eigenvalue weighted by atomic mass is 79.9. The molecular formula is C15H22BrN3O2. The normalized spacial score (nSPS) is 22.0. The van der Waals surface area contributed by atoms with Crippen LogP contribution >= 0.6 is 15.9 Å². The molecule has 3 N–H and O–H groups in total. The van der Waals surface area contributed by atoms with Gasteiger partial charge in [0, 0.05) is 23.2 Å². The van der Waals surface area contributed by atoms with Crippen molar-refractivity contribution in [2.24, 2.45) is 0 Å². The van der Waals surface area contributed by atoms with Crippen LogP contribution in [0.15, 0.2) is 22.7 Å². The fourth-order valence-corrected chi connectivity index (χ4v) is 3.23. The van der Waals surface area contributed by atoms with E-state index < -0.39 is 0 Å². The fraction of sp³-hybridized carbons (Fsp3) is 0.533.